The lowest BCUT2D eigenvalue weighted by molar-refractivity contribution is 0.191. The van der Waals surface area contributed by atoms with Crippen molar-refractivity contribution >= 4 is 0 Å². The highest BCUT2D eigenvalue weighted by molar-refractivity contribution is 5.35. The van der Waals surface area contributed by atoms with E-state index >= 15 is 0 Å². The molecule has 0 aromatic heterocycles. The fraction of sp³-hybridized carbons (Fsp3) is 0.700. The third-order valence-corrected chi connectivity index (χ3v) is 5.41. The number of benzene rings is 1. The molecule has 134 valence electrons. The van der Waals surface area contributed by atoms with Crippen LogP contribution in [0.15, 0.2) is 12.1 Å². The van der Waals surface area contributed by atoms with E-state index in [0.29, 0.717) is 25.0 Å². The standard InChI is InChI=1S/C20H28F2O2/c21-19-17(23-13-15-7-3-1-4-8-15)11-12-18(20(19)22)24-14-16-9-5-2-6-10-16/h11-12,15-16H,1-10,13-14H2. The first-order valence-electron chi connectivity index (χ1n) is 9.47. The maximum atomic E-state index is 14.2. The molecule has 0 unspecified atom stereocenters. The highest BCUT2D eigenvalue weighted by atomic mass is 19.2. The Morgan fingerprint density at radius 2 is 1.04 bits per heavy atom. The molecule has 1 aromatic rings. The number of halogens is 2. The Kier molecular flexibility index (Phi) is 6.33. The first-order chi connectivity index (χ1) is 11.7. The summed E-state index contributed by atoms with van der Waals surface area (Å²) in [6, 6.07) is 2.99. The summed E-state index contributed by atoms with van der Waals surface area (Å²) in [5.41, 5.74) is 0. The number of rotatable bonds is 6. The average Bonchev–Trinajstić information content (AvgIpc) is 2.64. The van der Waals surface area contributed by atoms with Gasteiger partial charge in [0.2, 0.25) is 11.6 Å². The Hall–Kier alpha value is -1.32. The monoisotopic (exact) mass is 338 g/mol. The topological polar surface area (TPSA) is 18.5 Å². The first-order valence-corrected chi connectivity index (χ1v) is 9.47. The molecular weight excluding hydrogens is 310 g/mol. The van der Waals surface area contributed by atoms with Crippen molar-refractivity contribution in [2.24, 2.45) is 11.8 Å². The number of hydrogen-bond donors (Lipinski definition) is 0. The van der Waals surface area contributed by atoms with Crippen molar-refractivity contribution in [3.8, 4) is 11.5 Å². The smallest absolute Gasteiger partial charge is 0.204 e. The third-order valence-electron chi connectivity index (χ3n) is 5.41. The van der Waals surface area contributed by atoms with Crippen molar-refractivity contribution in [3.05, 3.63) is 23.8 Å². The Labute approximate surface area is 143 Å². The molecule has 0 radical (unpaired) electrons. The highest BCUT2D eigenvalue weighted by Gasteiger charge is 2.20. The third kappa shape index (κ3) is 4.61. The Bertz CT molecular complexity index is 474. The fourth-order valence-electron chi connectivity index (χ4n) is 3.86. The summed E-state index contributed by atoms with van der Waals surface area (Å²) in [4.78, 5) is 0. The van der Waals surface area contributed by atoms with Crippen LogP contribution in [-0.4, -0.2) is 13.2 Å². The second-order valence-electron chi connectivity index (χ2n) is 7.32. The van der Waals surface area contributed by atoms with E-state index in [0.717, 1.165) is 25.7 Å². The summed E-state index contributed by atoms with van der Waals surface area (Å²) in [5, 5.41) is 0. The van der Waals surface area contributed by atoms with E-state index in [1.54, 1.807) is 0 Å². The minimum absolute atomic E-state index is 0.00286. The van der Waals surface area contributed by atoms with Gasteiger partial charge in [-0.25, -0.2) is 0 Å². The molecule has 4 heteroatoms. The summed E-state index contributed by atoms with van der Waals surface area (Å²) < 4.78 is 39.5. The molecule has 0 atom stereocenters. The van der Waals surface area contributed by atoms with Crippen LogP contribution in [0.3, 0.4) is 0 Å². The summed E-state index contributed by atoms with van der Waals surface area (Å²) >= 11 is 0. The first kappa shape index (κ1) is 17.5. The molecule has 0 heterocycles. The van der Waals surface area contributed by atoms with Crippen LogP contribution < -0.4 is 9.47 Å². The molecule has 0 bridgehead atoms. The largest absolute Gasteiger partial charge is 0.490 e. The van der Waals surface area contributed by atoms with Gasteiger partial charge in [0.25, 0.3) is 0 Å². The molecule has 0 spiro atoms. The van der Waals surface area contributed by atoms with E-state index in [-0.39, 0.29) is 11.5 Å². The van der Waals surface area contributed by atoms with Crippen LogP contribution in [0, 0.1) is 23.5 Å². The van der Waals surface area contributed by atoms with Crippen LogP contribution >= 0.6 is 0 Å². The summed E-state index contributed by atoms with van der Waals surface area (Å²) in [6.07, 6.45) is 11.8. The lowest BCUT2D eigenvalue weighted by Gasteiger charge is -2.23. The maximum Gasteiger partial charge on any atom is 0.204 e. The van der Waals surface area contributed by atoms with Crippen LogP contribution in [0.5, 0.6) is 11.5 Å². The van der Waals surface area contributed by atoms with Crippen LogP contribution in [0.2, 0.25) is 0 Å². The molecule has 3 rings (SSSR count). The van der Waals surface area contributed by atoms with Crippen molar-refractivity contribution in [2.45, 2.75) is 64.2 Å². The van der Waals surface area contributed by atoms with Gasteiger partial charge in [-0.05, 0) is 49.7 Å². The SMILES string of the molecule is Fc1c(OCC2CCCCC2)ccc(OCC2CCCCC2)c1F. The predicted octanol–water partition coefficient (Wildman–Crippen LogP) is 5.88. The summed E-state index contributed by atoms with van der Waals surface area (Å²) in [6.45, 7) is 0.942. The zero-order valence-corrected chi connectivity index (χ0v) is 14.4. The molecule has 0 saturated heterocycles. The Morgan fingerprint density at radius 1 is 0.667 bits per heavy atom. The van der Waals surface area contributed by atoms with E-state index in [9.17, 15) is 8.78 Å². The minimum Gasteiger partial charge on any atom is -0.490 e. The Morgan fingerprint density at radius 3 is 1.42 bits per heavy atom. The van der Waals surface area contributed by atoms with Crippen LogP contribution in [-0.2, 0) is 0 Å². The molecular formula is C20H28F2O2. The highest BCUT2D eigenvalue weighted by Crippen LogP contribution is 2.31. The minimum atomic E-state index is -0.924. The van der Waals surface area contributed by atoms with E-state index in [4.69, 9.17) is 9.47 Å². The van der Waals surface area contributed by atoms with E-state index in [1.165, 1.54) is 50.7 Å². The second-order valence-corrected chi connectivity index (χ2v) is 7.32. The van der Waals surface area contributed by atoms with Gasteiger partial charge in [0, 0.05) is 0 Å². The van der Waals surface area contributed by atoms with Crippen molar-refractivity contribution in [1.29, 1.82) is 0 Å². The lowest BCUT2D eigenvalue weighted by Crippen LogP contribution is -2.17. The van der Waals surface area contributed by atoms with Gasteiger partial charge >= 0.3 is 0 Å². The quantitative estimate of drug-likeness (QED) is 0.644. The molecule has 2 saturated carbocycles. The second kappa shape index (κ2) is 8.68. The molecule has 0 N–H and O–H groups in total. The molecule has 2 aliphatic carbocycles. The van der Waals surface area contributed by atoms with Gasteiger partial charge in [0.05, 0.1) is 13.2 Å². The van der Waals surface area contributed by atoms with Crippen LogP contribution in [0.4, 0.5) is 8.78 Å². The molecule has 24 heavy (non-hydrogen) atoms. The lowest BCUT2D eigenvalue weighted by atomic mass is 9.90. The summed E-state index contributed by atoms with van der Waals surface area (Å²) in [7, 11) is 0. The molecule has 2 aliphatic rings. The van der Waals surface area contributed by atoms with Crippen molar-refractivity contribution in [1.82, 2.24) is 0 Å². The van der Waals surface area contributed by atoms with Crippen molar-refractivity contribution in [2.75, 3.05) is 13.2 Å². The molecule has 0 amide bonds. The molecule has 0 aliphatic heterocycles. The molecule has 2 nitrogen and oxygen atoms in total. The zero-order chi connectivity index (χ0) is 16.8. The van der Waals surface area contributed by atoms with Crippen molar-refractivity contribution in [3.63, 3.8) is 0 Å². The maximum absolute atomic E-state index is 14.2. The van der Waals surface area contributed by atoms with E-state index < -0.39 is 11.6 Å². The zero-order valence-electron chi connectivity index (χ0n) is 14.4. The van der Waals surface area contributed by atoms with Crippen molar-refractivity contribution < 1.29 is 18.3 Å². The van der Waals surface area contributed by atoms with Gasteiger partial charge < -0.3 is 9.47 Å². The van der Waals surface area contributed by atoms with Gasteiger partial charge in [0.15, 0.2) is 11.5 Å². The van der Waals surface area contributed by atoms with E-state index in [1.807, 2.05) is 0 Å². The Balaban J connectivity index is 1.54. The summed E-state index contributed by atoms with van der Waals surface area (Å²) in [5.74, 6) is -0.919. The van der Waals surface area contributed by atoms with Gasteiger partial charge in [-0.1, -0.05) is 38.5 Å². The predicted molar refractivity (Wildman–Crippen MR) is 90.5 cm³/mol. The van der Waals surface area contributed by atoms with Gasteiger partial charge in [-0.15, -0.1) is 0 Å². The fourth-order valence-corrected chi connectivity index (χ4v) is 3.86. The average molecular weight is 338 g/mol. The molecule has 1 aromatic carbocycles. The number of ether oxygens (including phenoxy) is 2. The normalized spacial score (nSPS) is 20.1. The van der Waals surface area contributed by atoms with Gasteiger partial charge in [-0.3, -0.25) is 0 Å². The van der Waals surface area contributed by atoms with Gasteiger partial charge in [0.1, 0.15) is 0 Å². The van der Waals surface area contributed by atoms with Crippen LogP contribution in [0.25, 0.3) is 0 Å². The van der Waals surface area contributed by atoms with Crippen LogP contribution in [0.1, 0.15) is 64.2 Å². The molecule has 2 fully saturated rings. The van der Waals surface area contributed by atoms with E-state index in [2.05, 4.69) is 0 Å². The number of hydrogen-bond acceptors (Lipinski definition) is 2. The van der Waals surface area contributed by atoms with Gasteiger partial charge in [-0.2, -0.15) is 8.78 Å².